The van der Waals surface area contributed by atoms with Gasteiger partial charge >= 0.3 is 0 Å². The van der Waals surface area contributed by atoms with Crippen LogP contribution in [0.5, 0.6) is 0 Å². The van der Waals surface area contributed by atoms with Gasteiger partial charge in [0.2, 0.25) is 0 Å². The van der Waals surface area contributed by atoms with Crippen molar-refractivity contribution in [2.24, 2.45) is 7.05 Å². The maximum atomic E-state index is 12.6. The molecule has 25 heavy (non-hydrogen) atoms. The van der Waals surface area contributed by atoms with Crippen LogP contribution in [0.4, 0.5) is 0 Å². The lowest BCUT2D eigenvalue weighted by Crippen LogP contribution is -2.46. The average Bonchev–Trinajstić information content (AvgIpc) is 3.06. The van der Waals surface area contributed by atoms with Crippen molar-refractivity contribution in [2.45, 2.75) is 18.4 Å². The number of carbonyl (C=O) groups is 1. The Balaban J connectivity index is 1.53. The van der Waals surface area contributed by atoms with E-state index in [1.807, 2.05) is 12.1 Å². The number of aromatic nitrogens is 2. The van der Waals surface area contributed by atoms with E-state index in [1.54, 1.807) is 28.9 Å². The van der Waals surface area contributed by atoms with Gasteiger partial charge in [0.25, 0.3) is 5.91 Å². The topological polar surface area (TPSA) is 58.4 Å². The molecule has 5 heteroatoms. The number of nitrogens with zero attached hydrogens (tertiary/aromatic N) is 3. The number of aliphatic hydroxyl groups is 1. The third kappa shape index (κ3) is 2.91. The Hall–Kier alpha value is -2.66. The molecule has 4 rings (SSSR count). The molecule has 0 aliphatic carbocycles. The molecule has 1 amide bonds. The van der Waals surface area contributed by atoms with E-state index in [1.165, 1.54) is 10.8 Å². The Morgan fingerprint density at radius 3 is 2.68 bits per heavy atom. The summed E-state index contributed by atoms with van der Waals surface area (Å²) in [5.41, 5.74) is 1.69. The third-order valence-corrected chi connectivity index (χ3v) is 5.11. The summed E-state index contributed by atoms with van der Waals surface area (Å²) in [6, 6.07) is 16.3. The molecule has 1 aliphatic heterocycles. The first kappa shape index (κ1) is 15.8. The lowest BCUT2D eigenvalue weighted by Gasteiger charge is -2.36. The molecule has 0 spiro atoms. The molecule has 1 saturated heterocycles. The van der Waals surface area contributed by atoms with Gasteiger partial charge < -0.3 is 10.0 Å². The standard InChI is InChI=1S/C20H21N3O2/c1-22-18(8-10-21-22)20(25)23-11-9-17(19(24)13-23)16-7-6-14-4-2-3-5-15(14)12-16/h2-8,10,12,17,19,24H,9,11,13H2,1H3/t17-,19+/m1/s1. The lowest BCUT2D eigenvalue weighted by atomic mass is 9.86. The highest BCUT2D eigenvalue weighted by Gasteiger charge is 2.32. The molecule has 0 radical (unpaired) electrons. The number of aryl methyl sites for hydroxylation is 1. The summed E-state index contributed by atoms with van der Waals surface area (Å²) < 4.78 is 1.57. The number of fused-ring (bicyclic) bond motifs is 1. The van der Waals surface area contributed by atoms with Crippen molar-refractivity contribution in [1.82, 2.24) is 14.7 Å². The van der Waals surface area contributed by atoms with Gasteiger partial charge in [0.15, 0.2) is 0 Å². The normalized spacial score (nSPS) is 20.8. The van der Waals surface area contributed by atoms with Gasteiger partial charge in [-0.15, -0.1) is 0 Å². The van der Waals surface area contributed by atoms with Crippen LogP contribution in [0.3, 0.4) is 0 Å². The summed E-state index contributed by atoms with van der Waals surface area (Å²) in [6.45, 7) is 0.986. The zero-order chi connectivity index (χ0) is 17.4. The number of hydrogen-bond acceptors (Lipinski definition) is 3. The summed E-state index contributed by atoms with van der Waals surface area (Å²) in [6.07, 6.45) is 1.81. The average molecular weight is 335 g/mol. The van der Waals surface area contributed by atoms with E-state index in [0.29, 0.717) is 18.8 Å². The van der Waals surface area contributed by atoms with E-state index >= 15 is 0 Å². The van der Waals surface area contributed by atoms with Crippen molar-refractivity contribution in [2.75, 3.05) is 13.1 Å². The fourth-order valence-corrected chi connectivity index (χ4v) is 3.69. The van der Waals surface area contributed by atoms with Crippen LogP contribution < -0.4 is 0 Å². The first-order chi connectivity index (χ1) is 12.1. The minimum atomic E-state index is -0.563. The van der Waals surface area contributed by atoms with Gasteiger partial charge in [-0.25, -0.2) is 0 Å². The first-order valence-electron chi connectivity index (χ1n) is 8.57. The molecule has 3 aromatic rings. The van der Waals surface area contributed by atoms with Crippen LogP contribution in [0.15, 0.2) is 54.7 Å². The zero-order valence-corrected chi connectivity index (χ0v) is 14.2. The smallest absolute Gasteiger partial charge is 0.272 e. The molecule has 1 fully saturated rings. The van der Waals surface area contributed by atoms with Gasteiger partial charge in [-0.1, -0.05) is 42.5 Å². The van der Waals surface area contributed by atoms with Crippen molar-refractivity contribution in [3.8, 4) is 0 Å². The Bertz CT molecular complexity index is 918. The fraction of sp³-hybridized carbons (Fsp3) is 0.300. The number of piperidine rings is 1. The highest BCUT2D eigenvalue weighted by molar-refractivity contribution is 5.92. The van der Waals surface area contributed by atoms with E-state index in [-0.39, 0.29) is 11.8 Å². The molecule has 2 aromatic carbocycles. The molecule has 0 bridgehead atoms. The predicted octanol–water partition coefficient (Wildman–Crippen LogP) is 2.56. The zero-order valence-electron chi connectivity index (χ0n) is 14.2. The molecule has 1 N–H and O–H groups in total. The van der Waals surface area contributed by atoms with Crippen LogP contribution >= 0.6 is 0 Å². The predicted molar refractivity (Wildman–Crippen MR) is 96.4 cm³/mol. The Kier molecular flexibility index (Phi) is 4.01. The van der Waals surface area contributed by atoms with Crippen LogP contribution in [-0.4, -0.2) is 44.9 Å². The highest BCUT2D eigenvalue weighted by Crippen LogP contribution is 2.31. The Morgan fingerprint density at radius 1 is 1.16 bits per heavy atom. The Morgan fingerprint density at radius 2 is 1.96 bits per heavy atom. The minimum absolute atomic E-state index is 0.0557. The monoisotopic (exact) mass is 335 g/mol. The second-order valence-electron chi connectivity index (χ2n) is 6.66. The van der Waals surface area contributed by atoms with E-state index < -0.39 is 6.10 Å². The third-order valence-electron chi connectivity index (χ3n) is 5.11. The van der Waals surface area contributed by atoms with Gasteiger partial charge in [0.1, 0.15) is 5.69 Å². The molecule has 0 saturated carbocycles. The SMILES string of the molecule is Cn1nccc1C(=O)N1CC[C@H](c2ccc3ccccc3c2)[C@@H](O)C1. The molecule has 2 atom stereocenters. The Labute approximate surface area is 146 Å². The summed E-state index contributed by atoms with van der Waals surface area (Å²) in [5.74, 6) is -0.0174. The van der Waals surface area contributed by atoms with Gasteiger partial charge in [0.05, 0.1) is 6.10 Å². The summed E-state index contributed by atoms with van der Waals surface area (Å²) in [5, 5.41) is 17.1. The second kappa shape index (κ2) is 6.33. The summed E-state index contributed by atoms with van der Waals surface area (Å²) in [7, 11) is 1.76. The maximum Gasteiger partial charge on any atom is 0.272 e. The van der Waals surface area contributed by atoms with Crippen molar-refractivity contribution in [1.29, 1.82) is 0 Å². The fourth-order valence-electron chi connectivity index (χ4n) is 3.69. The number of β-amino-alcohol motifs (C(OH)–C–C–N with tert-alkyl or cyclic N) is 1. The van der Waals surface area contributed by atoms with Crippen LogP contribution in [0.1, 0.15) is 28.4 Å². The number of likely N-dealkylation sites (tertiary alicyclic amines) is 1. The lowest BCUT2D eigenvalue weighted by molar-refractivity contribution is 0.0374. The molecular formula is C20H21N3O2. The van der Waals surface area contributed by atoms with Crippen LogP contribution in [0, 0.1) is 0 Å². The van der Waals surface area contributed by atoms with Crippen molar-refractivity contribution in [3.63, 3.8) is 0 Å². The summed E-state index contributed by atoms with van der Waals surface area (Å²) >= 11 is 0. The van der Waals surface area contributed by atoms with Gasteiger partial charge in [-0.3, -0.25) is 9.48 Å². The molecule has 2 heterocycles. The number of hydrogen-bond donors (Lipinski definition) is 1. The molecule has 5 nitrogen and oxygen atoms in total. The molecule has 1 aliphatic rings. The number of aliphatic hydroxyl groups excluding tert-OH is 1. The van der Waals surface area contributed by atoms with Crippen molar-refractivity contribution >= 4 is 16.7 Å². The van der Waals surface area contributed by atoms with Crippen LogP contribution in [-0.2, 0) is 7.05 Å². The highest BCUT2D eigenvalue weighted by atomic mass is 16.3. The number of benzene rings is 2. The van der Waals surface area contributed by atoms with Gasteiger partial charge in [0, 0.05) is 32.3 Å². The summed E-state index contributed by atoms with van der Waals surface area (Å²) in [4.78, 5) is 14.3. The number of rotatable bonds is 2. The quantitative estimate of drug-likeness (QED) is 0.783. The molecular weight excluding hydrogens is 314 g/mol. The van der Waals surface area contributed by atoms with E-state index in [4.69, 9.17) is 0 Å². The minimum Gasteiger partial charge on any atom is -0.391 e. The largest absolute Gasteiger partial charge is 0.391 e. The van der Waals surface area contributed by atoms with Crippen LogP contribution in [0.25, 0.3) is 10.8 Å². The second-order valence-corrected chi connectivity index (χ2v) is 6.66. The van der Waals surface area contributed by atoms with E-state index in [9.17, 15) is 9.90 Å². The first-order valence-corrected chi connectivity index (χ1v) is 8.57. The molecule has 128 valence electrons. The molecule has 1 aromatic heterocycles. The van der Waals surface area contributed by atoms with Crippen LogP contribution in [0.2, 0.25) is 0 Å². The van der Waals surface area contributed by atoms with E-state index in [0.717, 1.165) is 12.0 Å². The maximum absolute atomic E-state index is 12.6. The van der Waals surface area contributed by atoms with Gasteiger partial charge in [-0.2, -0.15) is 5.10 Å². The van der Waals surface area contributed by atoms with Gasteiger partial charge in [-0.05, 0) is 28.8 Å². The van der Waals surface area contributed by atoms with Crippen molar-refractivity contribution in [3.05, 3.63) is 66.0 Å². The molecule has 0 unspecified atom stereocenters. The van der Waals surface area contributed by atoms with Crippen molar-refractivity contribution < 1.29 is 9.90 Å². The number of amides is 1. The van der Waals surface area contributed by atoms with E-state index in [2.05, 4.69) is 35.4 Å². The number of carbonyl (C=O) groups excluding carboxylic acids is 1.